The molecule has 0 aliphatic carbocycles. The lowest BCUT2D eigenvalue weighted by Gasteiger charge is -1.91. The van der Waals surface area contributed by atoms with Gasteiger partial charge in [-0.1, -0.05) is 23.7 Å². The number of benzene rings is 1. The van der Waals surface area contributed by atoms with Crippen LogP contribution in [0.3, 0.4) is 0 Å². The Kier molecular flexibility index (Phi) is 1.85. The number of para-hydroxylation sites is 1. The topological polar surface area (TPSA) is 32.9 Å². The molecule has 0 spiro atoms. The van der Waals surface area contributed by atoms with Gasteiger partial charge < -0.3 is 4.98 Å². The summed E-state index contributed by atoms with van der Waals surface area (Å²) in [7, 11) is 0. The Labute approximate surface area is 80.5 Å². The number of hydrogen-bond donors (Lipinski definition) is 1. The number of carbonyl (C=O) groups is 1. The molecule has 1 aromatic carbocycles. The van der Waals surface area contributed by atoms with Gasteiger partial charge in [-0.3, -0.25) is 4.79 Å². The standard InChI is InChI=1S/C10H8ClNO/c1-6-8(5-13)7-3-2-4-9(11)10(7)12-6/h2-5,12H,1H3. The van der Waals surface area contributed by atoms with Crippen molar-refractivity contribution in [3.8, 4) is 0 Å². The van der Waals surface area contributed by atoms with Gasteiger partial charge in [-0.15, -0.1) is 0 Å². The largest absolute Gasteiger partial charge is 0.357 e. The summed E-state index contributed by atoms with van der Waals surface area (Å²) in [6.07, 6.45) is 0.852. The third-order valence-electron chi connectivity index (χ3n) is 2.14. The van der Waals surface area contributed by atoms with Crippen LogP contribution in [-0.4, -0.2) is 11.3 Å². The Morgan fingerprint density at radius 2 is 2.23 bits per heavy atom. The number of carbonyl (C=O) groups excluding carboxylic acids is 1. The van der Waals surface area contributed by atoms with Crippen LogP contribution >= 0.6 is 11.6 Å². The second kappa shape index (κ2) is 2.89. The molecular weight excluding hydrogens is 186 g/mol. The first kappa shape index (κ1) is 8.32. The Morgan fingerprint density at radius 1 is 1.46 bits per heavy atom. The van der Waals surface area contributed by atoms with Crippen molar-refractivity contribution in [2.45, 2.75) is 6.92 Å². The highest BCUT2D eigenvalue weighted by molar-refractivity contribution is 6.35. The molecule has 0 amide bonds. The zero-order chi connectivity index (χ0) is 9.42. The predicted molar refractivity (Wildman–Crippen MR) is 53.4 cm³/mol. The van der Waals surface area contributed by atoms with Crippen LogP contribution in [0.25, 0.3) is 10.9 Å². The molecule has 0 saturated carbocycles. The number of aryl methyl sites for hydroxylation is 1. The molecule has 2 rings (SSSR count). The summed E-state index contributed by atoms with van der Waals surface area (Å²) in [6, 6.07) is 5.52. The molecule has 1 N–H and O–H groups in total. The van der Waals surface area contributed by atoms with E-state index in [-0.39, 0.29) is 0 Å². The van der Waals surface area contributed by atoms with E-state index in [1.54, 1.807) is 6.07 Å². The minimum atomic E-state index is 0.647. The van der Waals surface area contributed by atoms with E-state index in [1.807, 2.05) is 19.1 Å². The van der Waals surface area contributed by atoms with E-state index in [4.69, 9.17) is 11.6 Å². The number of H-pyrrole nitrogens is 1. The molecule has 0 aliphatic rings. The number of aromatic amines is 1. The lowest BCUT2D eigenvalue weighted by Crippen LogP contribution is -1.79. The van der Waals surface area contributed by atoms with Gasteiger partial charge in [-0.2, -0.15) is 0 Å². The number of aromatic nitrogens is 1. The zero-order valence-electron chi connectivity index (χ0n) is 7.10. The number of halogens is 1. The quantitative estimate of drug-likeness (QED) is 0.694. The molecule has 13 heavy (non-hydrogen) atoms. The van der Waals surface area contributed by atoms with Crippen LogP contribution in [0, 0.1) is 6.92 Å². The fourth-order valence-corrected chi connectivity index (χ4v) is 1.71. The van der Waals surface area contributed by atoms with Gasteiger partial charge in [0.2, 0.25) is 0 Å². The van der Waals surface area contributed by atoms with Crippen molar-refractivity contribution in [2.75, 3.05) is 0 Å². The number of nitrogens with one attached hydrogen (secondary N) is 1. The van der Waals surface area contributed by atoms with Crippen molar-refractivity contribution >= 4 is 28.8 Å². The van der Waals surface area contributed by atoms with Crippen molar-refractivity contribution in [3.63, 3.8) is 0 Å². The average molecular weight is 194 g/mol. The van der Waals surface area contributed by atoms with Crippen molar-refractivity contribution in [3.05, 3.63) is 34.5 Å². The van der Waals surface area contributed by atoms with Crippen molar-refractivity contribution in [1.29, 1.82) is 0 Å². The SMILES string of the molecule is Cc1[nH]c2c(Cl)cccc2c1C=O. The molecule has 0 atom stereocenters. The molecule has 66 valence electrons. The van der Waals surface area contributed by atoms with Crippen molar-refractivity contribution in [1.82, 2.24) is 4.98 Å². The van der Waals surface area contributed by atoms with Crippen LogP contribution in [0.4, 0.5) is 0 Å². The molecule has 0 bridgehead atoms. The van der Waals surface area contributed by atoms with E-state index < -0.39 is 0 Å². The number of hydrogen-bond acceptors (Lipinski definition) is 1. The van der Waals surface area contributed by atoms with E-state index >= 15 is 0 Å². The Morgan fingerprint density at radius 3 is 2.92 bits per heavy atom. The lowest BCUT2D eigenvalue weighted by atomic mass is 10.1. The van der Waals surface area contributed by atoms with Crippen molar-refractivity contribution < 1.29 is 4.79 Å². The first-order valence-electron chi connectivity index (χ1n) is 3.96. The normalized spacial score (nSPS) is 10.6. The molecule has 0 radical (unpaired) electrons. The monoisotopic (exact) mass is 193 g/mol. The smallest absolute Gasteiger partial charge is 0.152 e. The van der Waals surface area contributed by atoms with Crippen LogP contribution < -0.4 is 0 Å². The summed E-state index contributed by atoms with van der Waals surface area (Å²) in [5.74, 6) is 0. The van der Waals surface area contributed by atoms with Crippen LogP contribution in [0.2, 0.25) is 5.02 Å². The predicted octanol–water partition coefficient (Wildman–Crippen LogP) is 2.94. The minimum absolute atomic E-state index is 0.647. The first-order chi connectivity index (χ1) is 6.24. The fourth-order valence-electron chi connectivity index (χ4n) is 1.48. The van der Waals surface area contributed by atoms with Crippen LogP contribution in [0.5, 0.6) is 0 Å². The minimum Gasteiger partial charge on any atom is -0.357 e. The van der Waals surface area contributed by atoms with Gasteiger partial charge >= 0.3 is 0 Å². The average Bonchev–Trinajstić information content (AvgIpc) is 2.43. The molecule has 0 unspecified atom stereocenters. The second-order valence-electron chi connectivity index (χ2n) is 2.94. The van der Waals surface area contributed by atoms with Gasteiger partial charge in [0, 0.05) is 16.6 Å². The molecule has 0 fully saturated rings. The molecule has 2 nitrogen and oxygen atoms in total. The third-order valence-corrected chi connectivity index (χ3v) is 2.45. The van der Waals surface area contributed by atoms with Gasteiger partial charge in [0.15, 0.2) is 6.29 Å². The summed E-state index contributed by atoms with van der Waals surface area (Å²) in [4.78, 5) is 13.8. The van der Waals surface area contributed by atoms with Gasteiger partial charge in [0.25, 0.3) is 0 Å². The highest BCUT2D eigenvalue weighted by Gasteiger charge is 2.08. The summed E-state index contributed by atoms with van der Waals surface area (Å²) in [6.45, 7) is 1.86. The summed E-state index contributed by atoms with van der Waals surface area (Å²) in [5.41, 5.74) is 2.39. The molecule has 3 heteroatoms. The van der Waals surface area contributed by atoms with E-state index in [0.29, 0.717) is 10.6 Å². The highest BCUT2D eigenvalue weighted by atomic mass is 35.5. The lowest BCUT2D eigenvalue weighted by molar-refractivity contribution is 0.112. The van der Waals surface area contributed by atoms with Gasteiger partial charge in [-0.25, -0.2) is 0 Å². The fraction of sp³-hybridized carbons (Fsp3) is 0.100. The molecule has 1 aromatic heterocycles. The molecule has 0 saturated heterocycles. The highest BCUT2D eigenvalue weighted by Crippen LogP contribution is 2.26. The van der Waals surface area contributed by atoms with Gasteiger partial charge in [0.1, 0.15) is 0 Å². The zero-order valence-corrected chi connectivity index (χ0v) is 7.85. The molecule has 2 aromatic rings. The summed E-state index contributed by atoms with van der Waals surface area (Å²) >= 11 is 5.95. The van der Waals surface area contributed by atoms with E-state index in [0.717, 1.165) is 22.9 Å². The van der Waals surface area contributed by atoms with Crippen molar-refractivity contribution in [2.24, 2.45) is 0 Å². The van der Waals surface area contributed by atoms with E-state index in [9.17, 15) is 4.79 Å². The maximum atomic E-state index is 10.8. The Bertz CT molecular complexity index is 473. The summed E-state index contributed by atoms with van der Waals surface area (Å²) < 4.78 is 0. The van der Waals surface area contributed by atoms with Crippen LogP contribution in [0.15, 0.2) is 18.2 Å². The third kappa shape index (κ3) is 1.14. The Balaban J connectivity index is 2.93. The molecule has 0 aliphatic heterocycles. The molecule has 1 heterocycles. The van der Waals surface area contributed by atoms with Crippen LogP contribution in [-0.2, 0) is 0 Å². The van der Waals surface area contributed by atoms with E-state index in [2.05, 4.69) is 4.98 Å². The first-order valence-corrected chi connectivity index (χ1v) is 4.34. The summed E-state index contributed by atoms with van der Waals surface area (Å²) in [5, 5.41) is 1.54. The van der Waals surface area contributed by atoms with Gasteiger partial charge in [-0.05, 0) is 13.0 Å². The Hall–Kier alpha value is -1.28. The second-order valence-corrected chi connectivity index (χ2v) is 3.35. The number of rotatable bonds is 1. The van der Waals surface area contributed by atoms with E-state index in [1.165, 1.54) is 0 Å². The van der Waals surface area contributed by atoms with Crippen LogP contribution in [0.1, 0.15) is 16.1 Å². The maximum absolute atomic E-state index is 10.8. The van der Waals surface area contributed by atoms with Gasteiger partial charge in [0.05, 0.1) is 10.5 Å². The number of fused-ring (bicyclic) bond motifs is 1. The molecular formula is C10H8ClNO. The maximum Gasteiger partial charge on any atom is 0.152 e. The number of aldehydes is 1.